The minimum atomic E-state index is -0.903. The molecule has 2 N–H and O–H groups in total. The van der Waals surface area contributed by atoms with E-state index in [9.17, 15) is 19.2 Å². The highest BCUT2D eigenvalue weighted by Crippen LogP contribution is 2.34. The lowest BCUT2D eigenvalue weighted by Crippen LogP contribution is -2.73. The second kappa shape index (κ2) is 12.9. The third-order valence-electron chi connectivity index (χ3n) is 7.27. The number of likely N-dealkylation sites (tertiary alicyclic amines) is 1. The van der Waals surface area contributed by atoms with Crippen LogP contribution in [-0.4, -0.2) is 71.4 Å². The Labute approximate surface area is 227 Å². The summed E-state index contributed by atoms with van der Waals surface area (Å²) in [5, 5.41) is 7.59. The van der Waals surface area contributed by atoms with Gasteiger partial charge in [0.1, 0.15) is 18.2 Å². The minimum absolute atomic E-state index is 0.0186. The van der Waals surface area contributed by atoms with Crippen LogP contribution in [0.15, 0.2) is 47.8 Å². The number of benzene rings is 1. The zero-order chi connectivity index (χ0) is 27.0. The summed E-state index contributed by atoms with van der Waals surface area (Å²) >= 11 is 1.41. The fourth-order valence-electron chi connectivity index (χ4n) is 5.19. The van der Waals surface area contributed by atoms with Crippen molar-refractivity contribution in [3.63, 3.8) is 0 Å². The van der Waals surface area contributed by atoms with Gasteiger partial charge >= 0.3 is 6.09 Å². The number of ether oxygens (including phenoxy) is 1. The molecule has 204 valence electrons. The number of carbonyl (C=O) groups is 4. The van der Waals surface area contributed by atoms with E-state index < -0.39 is 17.7 Å². The Balaban J connectivity index is 1.24. The molecule has 1 aromatic carbocycles. The molecule has 2 aromatic rings. The van der Waals surface area contributed by atoms with Crippen LogP contribution in [0.4, 0.5) is 4.79 Å². The van der Waals surface area contributed by atoms with Crippen LogP contribution in [0.1, 0.15) is 60.7 Å². The molecule has 1 aromatic heterocycles. The molecule has 10 heteroatoms. The fraction of sp³-hybridized carbons (Fsp3) is 0.500. The lowest BCUT2D eigenvalue weighted by Gasteiger charge is -2.51. The highest BCUT2D eigenvalue weighted by molar-refractivity contribution is 7.12. The van der Waals surface area contributed by atoms with E-state index in [0.717, 1.165) is 12.0 Å². The van der Waals surface area contributed by atoms with Crippen molar-refractivity contribution in [2.75, 3.05) is 26.2 Å². The molecule has 9 nitrogen and oxygen atoms in total. The summed E-state index contributed by atoms with van der Waals surface area (Å²) < 4.78 is 5.21. The molecule has 1 atom stereocenters. The Morgan fingerprint density at radius 1 is 1.11 bits per heavy atom. The van der Waals surface area contributed by atoms with Crippen LogP contribution in [0.5, 0.6) is 0 Å². The molecule has 2 aliphatic rings. The SMILES string of the molecule is CCCN1C(=O)[C@H](CCCCNC(=O)OCc2ccccc2)NC(=O)C12CCN(C(=O)c1cccs1)CC2. The fourth-order valence-corrected chi connectivity index (χ4v) is 5.88. The predicted molar refractivity (Wildman–Crippen MR) is 145 cm³/mol. The first-order chi connectivity index (χ1) is 18.4. The molecule has 38 heavy (non-hydrogen) atoms. The zero-order valence-corrected chi connectivity index (χ0v) is 22.6. The summed E-state index contributed by atoms with van der Waals surface area (Å²) in [5.41, 5.74) is 0.0169. The number of piperidine rings is 1. The van der Waals surface area contributed by atoms with E-state index in [1.54, 1.807) is 9.80 Å². The normalized spacial score (nSPS) is 18.8. The van der Waals surface area contributed by atoms with Gasteiger partial charge < -0.3 is 25.2 Å². The van der Waals surface area contributed by atoms with Gasteiger partial charge in [-0.2, -0.15) is 0 Å². The zero-order valence-electron chi connectivity index (χ0n) is 21.8. The van der Waals surface area contributed by atoms with Crippen molar-refractivity contribution in [3.05, 3.63) is 58.3 Å². The maximum atomic E-state index is 13.5. The summed E-state index contributed by atoms with van der Waals surface area (Å²) in [5.74, 6) is -0.198. The standard InChI is InChI=1S/C28H36N4O5S/c1-2-16-32-24(33)22(11-6-7-15-29-27(36)37-20-21-9-4-3-5-10-21)30-26(35)28(32)13-17-31(18-14-28)25(34)23-12-8-19-38-23/h3-5,8-10,12,19,22H,2,6-7,11,13-18,20H2,1H3,(H,29,36)(H,30,35)/t22-/m0/s1. The van der Waals surface area contributed by atoms with Gasteiger partial charge in [0.15, 0.2) is 0 Å². The van der Waals surface area contributed by atoms with Crippen molar-refractivity contribution < 1.29 is 23.9 Å². The van der Waals surface area contributed by atoms with Gasteiger partial charge in [0, 0.05) is 26.2 Å². The van der Waals surface area contributed by atoms with Crippen molar-refractivity contribution in [3.8, 4) is 0 Å². The van der Waals surface area contributed by atoms with Gasteiger partial charge in [0.05, 0.1) is 4.88 Å². The van der Waals surface area contributed by atoms with Gasteiger partial charge in [-0.1, -0.05) is 43.3 Å². The summed E-state index contributed by atoms with van der Waals surface area (Å²) in [6, 6.07) is 12.6. The third-order valence-corrected chi connectivity index (χ3v) is 8.13. The number of rotatable bonds is 10. The Bertz CT molecular complexity index is 1100. The molecule has 4 rings (SSSR count). The number of piperazine rings is 1. The van der Waals surface area contributed by atoms with Crippen LogP contribution in [0.25, 0.3) is 0 Å². The van der Waals surface area contributed by atoms with E-state index >= 15 is 0 Å². The molecule has 0 unspecified atom stereocenters. The number of nitrogens with zero attached hydrogens (tertiary/aromatic N) is 2. The molecule has 0 saturated carbocycles. The molecule has 0 aliphatic carbocycles. The summed E-state index contributed by atoms with van der Waals surface area (Å²) in [6.45, 7) is 4.03. The summed E-state index contributed by atoms with van der Waals surface area (Å²) in [4.78, 5) is 55.8. The van der Waals surface area contributed by atoms with E-state index in [2.05, 4.69) is 10.6 Å². The van der Waals surface area contributed by atoms with E-state index in [4.69, 9.17) is 4.74 Å². The Morgan fingerprint density at radius 3 is 2.55 bits per heavy atom. The molecule has 0 bridgehead atoms. The number of hydrogen-bond donors (Lipinski definition) is 2. The van der Waals surface area contributed by atoms with E-state index in [1.807, 2.05) is 54.8 Å². The van der Waals surface area contributed by atoms with Crippen LogP contribution in [0, 0.1) is 0 Å². The number of nitrogens with one attached hydrogen (secondary N) is 2. The first-order valence-corrected chi connectivity index (χ1v) is 14.2. The smallest absolute Gasteiger partial charge is 0.407 e. The maximum Gasteiger partial charge on any atom is 0.407 e. The lowest BCUT2D eigenvalue weighted by molar-refractivity contribution is -0.161. The average molecular weight is 541 g/mol. The number of amides is 4. The molecule has 1 spiro atoms. The number of thiophene rings is 1. The first-order valence-electron chi connectivity index (χ1n) is 13.3. The second-order valence-corrected chi connectivity index (χ2v) is 10.7. The van der Waals surface area contributed by atoms with Crippen molar-refractivity contribution >= 4 is 35.2 Å². The lowest BCUT2D eigenvalue weighted by atomic mass is 9.81. The summed E-state index contributed by atoms with van der Waals surface area (Å²) in [6.07, 6.45) is 2.98. The number of alkyl carbamates (subject to hydrolysis) is 1. The van der Waals surface area contributed by atoms with Crippen LogP contribution >= 0.6 is 11.3 Å². The van der Waals surface area contributed by atoms with E-state index in [1.165, 1.54) is 11.3 Å². The van der Waals surface area contributed by atoms with E-state index in [-0.39, 0.29) is 24.3 Å². The maximum absolute atomic E-state index is 13.5. The number of hydrogen-bond acceptors (Lipinski definition) is 6. The Morgan fingerprint density at radius 2 is 1.87 bits per heavy atom. The van der Waals surface area contributed by atoms with Crippen molar-refractivity contribution in [1.29, 1.82) is 0 Å². The van der Waals surface area contributed by atoms with Gasteiger partial charge in [0.25, 0.3) is 5.91 Å². The van der Waals surface area contributed by atoms with Gasteiger partial charge in [-0.15, -0.1) is 11.3 Å². The van der Waals surface area contributed by atoms with Crippen molar-refractivity contribution in [1.82, 2.24) is 20.4 Å². The van der Waals surface area contributed by atoms with Crippen LogP contribution in [-0.2, 0) is 20.9 Å². The topological polar surface area (TPSA) is 108 Å². The van der Waals surface area contributed by atoms with E-state index in [0.29, 0.717) is 63.2 Å². The highest BCUT2D eigenvalue weighted by atomic mass is 32.1. The number of unbranched alkanes of at least 4 members (excludes halogenated alkanes) is 1. The molecule has 3 heterocycles. The molecular weight excluding hydrogens is 504 g/mol. The van der Waals surface area contributed by atoms with Gasteiger partial charge in [0.2, 0.25) is 11.8 Å². The van der Waals surface area contributed by atoms with Crippen molar-refractivity contribution in [2.45, 2.75) is 63.6 Å². The van der Waals surface area contributed by atoms with Crippen LogP contribution in [0.2, 0.25) is 0 Å². The van der Waals surface area contributed by atoms with Gasteiger partial charge in [-0.05, 0) is 55.5 Å². The second-order valence-electron chi connectivity index (χ2n) is 9.80. The molecule has 4 amide bonds. The van der Waals surface area contributed by atoms with Crippen LogP contribution in [0.3, 0.4) is 0 Å². The van der Waals surface area contributed by atoms with Gasteiger partial charge in [-0.3, -0.25) is 14.4 Å². The molecule has 0 radical (unpaired) electrons. The molecule has 2 saturated heterocycles. The monoisotopic (exact) mass is 540 g/mol. The van der Waals surface area contributed by atoms with Crippen LogP contribution < -0.4 is 10.6 Å². The quantitative estimate of drug-likeness (QED) is 0.448. The predicted octanol–water partition coefficient (Wildman–Crippen LogP) is 3.56. The first kappa shape index (κ1) is 27.6. The number of carbonyl (C=O) groups excluding carboxylic acids is 4. The average Bonchev–Trinajstić information content (AvgIpc) is 3.48. The third kappa shape index (κ3) is 6.35. The van der Waals surface area contributed by atoms with Crippen molar-refractivity contribution in [2.24, 2.45) is 0 Å². The Kier molecular flexibility index (Phi) is 9.38. The van der Waals surface area contributed by atoms with Gasteiger partial charge in [-0.25, -0.2) is 4.79 Å². The highest BCUT2D eigenvalue weighted by Gasteiger charge is 2.53. The molecule has 2 aliphatic heterocycles. The summed E-state index contributed by atoms with van der Waals surface area (Å²) in [7, 11) is 0. The molecule has 2 fully saturated rings. The molecular formula is C28H36N4O5S. The minimum Gasteiger partial charge on any atom is -0.445 e. The largest absolute Gasteiger partial charge is 0.445 e. The Hall–Kier alpha value is -3.40.